The number of hydrogen-bond donors (Lipinski definition) is 0. The molecule has 1 aliphatic rings. The highest BCUT2D eigenvalue weighted by Crippen LogP contribution is 2.36. The SMILES string of the molecule is CC1(C)CCCC(CBr)CC1. The molecule has 1 fully saturated rings. The lowest BCUT2D eigenvalue weighted by molar-refractivity contribution is 0.310. The van der Waals surface area contributed by atoms with E-state index in [-0.39, 0.29) is 0 Å². The molecule has 1 atom stereocenters. The van der Waals surface area contributed by atoms with Crippen molar-refractivity contribution >= 4 is 15.9 Å². The van der Waals surface area contributed by atoms with E-state index < -0.39 is 0 Å². The van der Waals surface area contributed by atoms with Gasteiger partial charge in [0.1, 0.15) is 0 Å². The Morgan fingerprint density at radius 1 is 1.27 bits per heavy atom. The van der Waals surface area contributed by atoms with Gasteiger partial charge in [-0.05, 0) is 37.0 Å². The molecule has 0 nitrogen and oxygen atoms in total. The summed E-state index contributed by atoms with van der Waals surface area (Å²) < 4.78 is 0. The van der Waals surface area contributed by atoms with Gasteiger partial charge in [0.25, 0.3) is 0 Å². The number of halogens is 1. The van der Waals surface area contributed by atoms with Gasteiger partial charge in [-0.3, -0.25) is 0 Å². The van der Waals surface area contributed by atoms with Gasteiger partial charge in [-0.15, -0.1) is 0 Å². The van der Waals surface area contributed by atoms with Crippen LogP contribution in [0.15, 0.2) is 0 Å². The van der Waals surface area contributed by atoms with Crippen LogP contribution in [0.1, 0.15) is 46.0 Å². The minimum Gasteiger partial charge on any atom is -0.0925 e. The molecule has 1 saturated carbocycles. The molecule has 0 N–H and O–H groups in total. The van der Waals surface area contributed by atoms with E-state index in [4.69, 9.17) is 0 Å². The smallest absolute Gasteiger partial charge is 0.00596 e. The van der Waals surface area contributed by atoms with Crippen LogP contribution < -0.4 is 0 Å². The van der Waals surface area contributed by atoms with Crippen LogP contribution in [-0.4, -0.2) is 5.33 Å². The van der Waals surface area contributed by atoms with Crippen molar-refractivity contribution in [2.24, 2.45) is 11.3 Å². The second-order valence-corrected chi connectivity index (χ2v) is 5.26. The molecule has 0 heterocycles. The molecule has 0 amide bonds. The van der Waals surface area contributed by atoms with Gasteiger partial charge in [-0.1, -0.05) is 36.2 Å². The van der Waals surface area contributed by atoms with Gasteiger partial charge in [0.05, 0.1) is 0 Å². The zero-order chi connectivity index (χ0) is 8.32. The van der Waals surface area contributed by atoms with E-state index in [2.05, 4.69) is 29.8 Å². The van der Waals surface area contributed by atoms with Crippen molar-refractivity contribution in [3.05, 3.63) is 0 Å². The minimum atomic E-state index is 0.622. The van der Waals surface area contributed by atoms with Crippen molar-refractivity contribution < 1.29 is 0 Å². The molecule has 0 saturated heterocycles. The Kier molecular flexibility index (Phi) is 3.42. The summed E-state index contributed by atoms with van der Waals surface area (Å²) in [4.78, 5) is 0. The van der Waals surface area contributed by atoms with Crippen LogP contribution in [0.4, 0.5) is 0 Å². The molecule has 0 bridgehead atoms. The maximum absolute atomic E-state index is 3.58. The summed E-state index contributed by atoms with van der Waals surface area (Å²) in [5, 5.41) is 1.21. The molecule has 11 heavy (non-hydrogen) atoms. The van der Waals surface area contributed by atoms with E-state index in [1.54, 1.807) is 0 Å². The second kappa shape index (κ2) is 3.93. The van der Waals surface area contributed by atoms with Crippen molar-refractivity contribution in [1.82, 2.24) is 0 Å². The molecule has 0 aromatic rings. The van der Waals surface area contributed by atoms with Gasteiger partial charge in [-0.2, -0.15) is 0 Å². The lowest BCUT2D eigenvalue weighted by Crippen LogP contribution is -2.09. The van der Waals surface area contributed by atoms with Crippen molar-refractivity contribution in [1.29, 1.82) is 0 Å². The third-order valence-electron chi connectivity index (χ3n) is 2.91. The summed E-state index contributed by atoms with van der Waals surface area (Å²) in [5.41, 5.74) is 0.622. The fraction of sp³-hybridized carbons (Fsp3) is 1.00. The first kappa shape index (κ1) is 9.57. The molecule has 0 aliphatic heterocycles. The Balaban J connectivity index is 2.39. The Hall–Kier alpha value is 0.480. The van der Waals surface area contributed by atoms with Crippen LogP contribution in [0.25, 0.3) is 0 Å². The van der Waals surface area contributed by atoms with E-state index in [1.165, 1.54) is 37.4 Å². The van der Waals surface area contributed by atoms with Crippen molar-refractivity contribution in [3.63, 3.8) is 0 Å². The Bertz CT molecular complexity index is 118. The first-order chi connectivity index (χ1) is 5.14. The molecular formula is C10H19Br. The predicted molar refractivity (Wildman–Crippen MR) is 54.2 cm³/mol. The zero-order valence-corrected chi connectivity index (χ0v) is 9.28. The lowest BCUT2D eigenvalue weighted by Gasteiger charge is -2.21. The highest BCUT2D eigenvalue weighted by molar-refractivity contribution is 9.09. The Labute approximate surface area is 78.9 Å². The molecular weight excluding hydrogens is 200 g/mol. The fourth-order valence-electron chi connectivity index (χ4n) is 1.89. The number of rotatable bonds is 1. The van der Waals surface area contributed by atoms with Gasteiger partial charge >= 0.3 is 0 Å². The summed E-state index contributed by atoms with van der Waals surface area (Å²) in [7, 11) is 0. The second-order valence-electron chi connectivity index (χ2n) is 4.62. The summed E-state index contributed by atoms with van der Waals surface area (Å²) in [6.07, 6.45) is 7.15. The number of alkyl halides is 1. The molecule has 0 spiro atoms. The van der Waals surface area contributed by atoms with Crippen molar-refractivity contribution in [3.8, 4) is 0 Å². The van der Waals surface area contributed by atoms with E-state index in [0.717, 1.165) is 5.92 Å². The monoisotopic (exact) mass is 218 g/mol. The average molecular weight is 219 g/mol. The molecule has 1 unspecified atom stereocenters. The summed E-state index contributed by atoms with van der Waals surface area (Å²) in [6, 6.07) is 0. The molecule has 0 aromatic carbocycles. The van der Waals surface area contributed by atoms with Crippen molar-refractivity contribution in [2.75, 3.05) is 5.33 Å². The maximum atomic E-state index is 3.58. The highest BCUT2D eigenvalue weighted by atomic mass is 79.9. The Morgan fingerprint density at radius 3 is 2.64 bits per heavy atom. The first-order valence-corrected chi connectivity index (χ1v) is 5.82. The highest BCUT2D eigenvalue weighted by Gasteiger charge is 2.23. The topological polar surface area (TPSA) is 0 Å². The zero-order valence-electron chi connectivity index (χ0n) is 7.70. The molecule has 66 valence electrons. The molecule has 1 aliphatic carbocycles. The van der Waals surface area contributed by atoms with Gasteiger partial charge in [-0.25, -0.2) is 0 Å². The average Bonchev–Trinajstić information content (AvgIpc) is 2.10. The van der Waals surface area contributed by atoms with Crippen LogP contribution in [-0.2, 0) is 0 Å². The van der Waals surface area contributed by atoms with E-state index >= 15 is 0 Å². The maximum Gasteiger partial charge on any atom is 0.00596 e. The van der Waals surface area contributed by atoms with Crippen LogP contribution in [0.3, 0.4) is 0 Å². The van der Waals surface area contributed by atoms with Gasteiger partial charge in [0.15, 0.2) is 0 Å². The minimum absolute atomic E-state index is 0.622. The lowest BCUT2D eigenvalue weighted by atomic mass is 9.85. The van der Waals surface area contributed by atoms with Crippen molar-refractivity contribution in [2.45, 2.75) is 46.0 Å². The van der Waals surface area contributed by atoms with Crippen LogP contribution in [0, 0.1) is 11.3 Å². The fourth-order valence-corrected chi connectivity index (χ4v) is 2.54. The predicted octanol–water partition coefficient (Wildman–Crippen LogP) is 3.99. The quantitative estimate of drug-likeness (QED) is 0.462. The molecule has 0 aromatic heterocycles. The third kappa shape index (κ3) is 3.14. The molecule has 1 heteroatoms. The molecule has 1 rings (SSSR count). The van der Waals surface area contributed by atoms with Gasteiger partial charge < -0.3 is 0 Å². The Morgan fingerprint density at radius 2 is 2.00 bits per heavy atom. The normalized spacial score (nSPS) is 31.4. The summed E-state index contributed by atoms with van der Waals surface area (Å²) >= 11 is 3.58. The first-order valence-electron chi connectivity index (χ1n) is 4.70. The van der Waals surface area contributed by atoms with Crippen LogP contribution in [0.2, 0.25) is 0 Å². The van der Waals surface area contributed by atoms with E-state index in [0.29, 0.717) is 5.41 Å². The van der Waals surface area contributed by atoms with E-state index in [9.17, 15) is 0 Å². The number of hydrogen-bond acceptors (Lipinski definition) is 0. The standard InChI is InChI=1S/C10H19Br/c1-10(2)6-3-4-9(8-11)5-7-10/h9H,3-8H2,1-2H3. The largest absolute Gasteiger partial charge is 0.0925 e. The summed E-state index contributed by atoms with van der Waals surface area (Å²) in [5.74, 6) is 0.955. The third-order valence-corrected chi connectivity index (χ3v) is 3.83. The van der Waals surface area contributed by atoms with Crippen LogP contribution in [0.5, 0.6) is 0 Å². The summed E-state index contributed by atoms with van der Waals surface area (Å²) in [6.45, 7) is 4.81. The van der Waals surface area contributed by atoms with Crippen LogP contribution >= 0.6 is 15.9 Å². The molecule has 0 radical (unpaired) electrons. The van der Waals surface area contributed by atoms with Gasteiger partial charge in [0.2, 0.25) is 0 Å². The van der Waals surface area contributed by atoms with Gasteiger partial charge in [0, 0.05) is 5.33 Å². The van der Waals surface area contributed by atoms with E-state index in [1.807, 2.05) is 0 Å².